The van der Waals surface area contributed by atoms with Crippen molar-refractivity contribution in [3.05, 3.63) is 82.2 Å². The quantitative estimate of drug-likeness (QED) is 0.388. The van der Waals surface area contributed by atoms with E-state index in [1.165, 1.54) is 34.8 Å². The molecule has 1 aromatic carbocycles. The number of carbonyl (C=O) groups is 1. The van der Waals surface area contributed by atoms with Gasteiger partial charge in [0.05, 0.1) is 22.7 Å². The number of nitrogens with one attached hydrogen (secondary N) is 1. The normalized spacial score (nSPS) is 11.6. The van der Waals surface area contributed by atoms with Crippen LogP contribution < -0.4 is 11.2 Å². The Bertz CT molecular complexity index is 1450. The van der Waals surface area contributed by atoms with Crippen LogP contribution in [0.1, 0.15) is 29.3 Å². The number of carboxylic acids is 1. The number of hydrogen-bond acceptors (Lipinski definition) is 7. The largest absolute Gasteiger partial charge is 0.481 e. The van der Waals surface area contributed by atoms with Crippen LogP contribution >= 0.6 is 45.9 Å². The summed E-state index contributed by atoms with van der Waals surface area (Å²) in [6, 6.07) is 6.84. The van der Waals surface area contributed by atoms with E-state index in [0.29, 0.717) is 21.1 Å². The highest BCUT2D eigenvalue weighted by Crippen LogP contribution is 2.45. The third-order valence-electron chi connectivity index (χ3n) is 4.91. The van der Waals surface area contributed by atoms with Crippen LogP contribution in [0.25, 0.3) is 16.3 Å². The van der Waals surface area contributed by atoms with Gasteiger partial charge < -0.3 is 5.11 Å². The van der Waals surface area contributed by atoms with E-state index in [1.54, 1.807) is 0 Å². The van der Waals surface area contributed by atoms with Crippen LogP contribution in [0, 0.1) is 0 Å². The number of H-pyrrole nitrogens is 1. The first kappa shape index (κ1) is 23.4. The Kier molecular flexibility index (Phi) is 6.28. The van der Waals surface area contributed by atoms with Crippen LogP contribution in [0.2, 0.25) is 10.0 Å². The highest BCUT2D eigenvalue weighted by Gasteiger charge is 2.33. The smallest absolute Gasteiger partial charge is 0.349 e. The maximum atomic E-state index is 12.1. The van der Waals surface area contributed by atoms with E-state index in [4.69, 9.17) is 28.2 Å². The molecule has 33 heavy (non-hydrogen) atoms. The number of benzene rings is 1. The molecule has 0 saturated heterocycles. The van der Waals surface area contributed by atoms with Gasteiger partial charge in [-0.2, -0.15) is 9.78 Å². The van der Waals surface area contributed by atoms with Crippen LogP contribution in [-0.2, 0) is 16.6 Å². The van der Waals surface area contributed by atoms with E-state index in [1.807, 2.05) is 31.4 Å². The summed E-state index contributed by atoms with van der Waals surface area (Å²) in [6.07, 6.45) is 0.828. The summed E-state index contributed by atoms with van der Waals surface area (Å²) < 4.78 is 0.985. The van der Waals surface area contributed by atoms with E-state index < -0.39 is 22.6 Å². The van der Waals surface area contributed by atoms with Crippen molar-refractivity contribution in [1.29, 1.82) is 0 Å². The first-order valence-corrected chi connectivity index (χ1v) is 12.0. The van der Waals surface area contributed by atoms with E-state index in [2.05, 4.69) is 10.1 Å². The summed E-state index contributed by atoms with van der Waals surface area (Å²) in [5.74, 6) is -0.944. The van der Waals surface area contributed by atoms with E-state index in [-0.39, 0.29) is 22.2 Å². The Hall–Kier alpha value is -2.79. The number of aromatic nitrogens is 4. The first-order valence-electron chi connectivity index (χ1n) is 9.52. The van der Waals surface area contributed by atoms with Gasteiger partial charge in [-0.3, -0.25) is 14.6 Å². The van der Waals surface area contributed by atoms with Crippen LogP contribution in [0.5, 0.6) is 0 Å². The molecule has 0 spiro atoms. The number of nitrogens with zero attached hydrogens (tertiary/aromatic N) is 3. The summed E-state index contributed by atoms with van der Waals surface area (Å²) in [7, 11) is 0. The zero-order valence-corrected chi connectivity index (χ0v) is 20.4. The van der Waals surface area contributed by atoms with Gasteiger partial charge >= 0.3 is 11.7 Å². The Labute approximate surface area is 205 Å². The van der Waals surface area contributed by atoms with Crippen LogP contribution in [-0.4, -0.2) is 30.8 Å². The second kappa shape index (κ2) is 8.86. The number of hydrogen-bond donors (Lipinski definition) is 2. The molecule has 12 heteroatoms. The van der Waals surface area contributed by atoms with Crippen molar-refractivity contribution in [3.63, 3.8) is 0 Å². The second-order valence-corrected chi connectivity index (χ2v) is 10.4. The Morgan fingerprint density at radius 2 is 1.94 bits per heavy atom. The molecule has 170 valence electrons. The predicted molar refractivity (Wildman–Crippen MR) is 129 cm³/mol. The van der Waals surface area contributed by atoms with Crippen molar-refractivity contribution >= 4 is 51.8 Å². The summed E-state index contributed by atoms with van der Waals surface area (Å²) >= 11 is 16.0. The van der Waals surface area contributed by atoms with Gasteiger partial charge in [-0.15, -0.1) is 22.7 Å². The molecule has 0 bridgehead atoms. The minimum Gasteiger partial charge on any atom is -0.481 e. The van der Waals surface area contributed by atoms with Gasteiger partial charge in [0, 0.05) is 25.9 Å². The van der Waals surface area contributed by atoms with Gasteiger partial charge in [-0.1, -0.05) is 29.3 Å². The average molecular weight is 523 g/mol. The zero-order chi connectivity index (χ0) is 23.9. The maximum Gasteiger partial charge on any atom is 0.349 e. The highest BCUT2D eigenvalue weighted by atomic mass is 35.5. The summed E-state index contributed by atoms with van der Waals surface area (Å²) in [6.45, 7) is 3.79. The molecule has 4 aromatic rings. The van der Waals surface area contributed by atoms with Crippen molar-refractivity contribution in [1.82, 2.24) is 19.7 Å². The number of aromatic amines is 1. The van der Waals surface area contributed by atoms with Crippen molar-refractivity contribution in [2.24, 2.45) is 0 Å². The van der Waals surface area contributed by atoms with Gasteiger partial charge in [0.2, 0.25) is 0 Å². The number of halogens is 2. The monoisotopic (exact) mass is 522 g/mol. The number of thiazole rings is 1. The first-order chi connectivity index (χ1) is 15.6. The molecule has 0 radical (unpaired) electrons. The number of carboxylic acid groups (broad SMARTS) is 1. The molecule has 0 saturated carbocycles. The summed E-state index contributed by atoms with van der Waals surface area (Å²) in [5, 5.41) is 16.3. The molecule has 3 heterocycles. The van der Waals surface area contributed by atoms with E-state index in [0.717, 1.165) is 15.8 Å². The fourth-order valence-electron chi connectivity index (χ4n) is 3.41. The van der Waals surface area contributed by atoms with Crippen molar-refractivity contribution in [2.75, 3.05) is 0 Å². The predicted octanol–water partition coefficient (Wildman–Crippen LogP) is 4.37. The summed E-state index contributed by atoms with van der Waals surface area (Å²) in [5.41, 5.74) is -0.623. The fourth-order valence-corrected chi connectivity index (χ4v) is 6.33. The topological polar surface area (TPSA) is 118 Å². The minimum atomic E-state index is -0.944. The lowest BCUT2D eigenvalue weighted by molar-refractivity contribution is -0.136. The fraction of sp³-hybridized carbons (Fsp3) is 0.190. The molecular formula is C21H16Cl2N4O4S2. The van der Waals surface area contributed by atoms with Gasteiger partial charge in [-0.05, 0) is 37.4 Å². The molecule has 3 aromatic heterocycles. The third kappa shape index (κ3) is 4.51. The van der Waals surface area contributed by atoms with Gasteiger partial charge in [0.25, 0.3) is 5.56 Å². The van der Waals surface area contributed by atoms with E-state index >= 15 is 0 Å². The Balaban J connectivity index is 1.83. The molecule has 0 aliphatic carbocycles. The van der Waals surface area contributed by atoms with Gasteiger partial charge in [0.15, 0.2) is 0 Å². The lowest BCUT2D eigenvalue weighted by Crippen LogP contribution is -2.30. The van der Waals surface area contributed by atoms with Crippen LogP contribution in [0.4, 0.5) is 0 Å². The molecule has 0 aliphatic heterocycles. The molecular weight excluding hydrogens is 507 g/mol. The van der Waals surface area contributed by atoms with Gasteiger partial charge in [0.1, 0.15) is 11.2 Å². The molecule has 8 nitrogen and oxygen atoms in total. The Morgan fingerprint density at radius 3 is 2.52 bits per heavy atom. The lowest BCUT2D eigenvalue weighted by Gasteiger charge is -2.25. The van der Waals surface area contributed by atoms with Gasteiger partial charge in [-0.25, -0.2) is 9.78 Å². The SMILES string of the molecule is CC(C)(c1nc(-c2cccs2)c(CC(=O)O)s1)c1c(Cl)cc(-n2ncc(=O)[nH]c2=O)cc1Cl. The lowest BCUT2D eigenvalue weighted by atomic mass is 9.85. The standard InChI is InChI=1S/C21H16Cl2N4O4S2/c1-21(2,19-26-18(13-4-3-5-32-13)14(33-19)8-16(29)30)17-11(22)6-10(7-12(17)23)27-20(31)25-15(28)9-24-27/h3-7,9H,8H2,1-2H3,(H,29,30)(H,25,28,31). The average Bonchev–Trinajstić information content (AvgIpc) is 3.36. The van der Waals surface area contributed by atoms with E-state index in [9.17, 15) is 19.5 Å². The summed E-state index contributed by atoms with van der Waals surface area (Å²) in [4.78, 5) is 43.3. The van der Waals surface area contributed by atoms with Crippen LogP contribution in [0.3, 0.4) is 0 Å². The second-order valence-electron chi connectivity index (χ2n) is 7.60. The molecule has 0 amide bonds. The number of aliphatic carboxylic acids is 1. The molecule has 4 rings (SSSR count). The van der Waals surface area contributed by atoms with Crippen molar-refractivity contribution < 1.29 is 9.90 Å². The molecule has 0 aliphatic rings. The minimum absolute atomic E-state index is 0.151. The Morgan fingerprint density at radius 1 is 1.24 bits per heavy atom. The van der Waals surface area contributed by atoms with Crippen LogP contribution in [0.15, 0.2) is 45.4 Å². The molecule has 0 fully saturated rings. The third-order valence-corrected chi connectivity index (χ3v) is 7.76. The highest BCUT2D eigenvalue weighted by molar-refractivity contribution is 7.15. The van der Waals surface area contributed by atoms with Crippen molar-refractivity contribution in [2.45, 2.75) is 25.7 Å². The molecule has 0 unspecified atom stereocenters. The maximum absolute atomic E-state index is 12.1. The molecule has 2 N–H and O–H groups in total. The van der Waals surface area contributed by atoms with Crippen molar-refractivity contribution in [3.8, 4) is 16.3 Å². The number of thiophene rings is 1. The number of rotatable bonds is 6. The molecule has 0 atom stereocenters. The zero-order valence-electron chi connectivity index (χ0n) is 17.3.